The van der Waals surface area contributed by atoms with Crippen molar-refractivity contribution in [3.8, 4) is 5.75 Å². The Hall–Kier alpha value is -0.580. The molecule has 0 amide bonds. The average molecular weight is 315 g/mol. The van der Waals surface area contributed by atoms with E-state index in [1.54, 1.807) is 0 Å². The van der Waals surface area contributed by atoms with Gasteiger partial charge in [-0.3, -0.25) is 0 Å². The van der Waals surface area contributed by atoms with Crippen molar-refractivity contribution in [1.82, 2.24) is 0 Å². The number of aliphatic hydroxyl groups excluding tert-OH is 1. The maximum Gasteiger partial charge on any atom is 0.120 e. The summed E-state index contributed by atoms with van der Waals surface area (Å²) < 4.78 is 12.0. The van der Waals surface area contributed by atoms with Gasteiger partial charge in [0.2, 0.25) is 0 Å². The Kier molecular flexibility index (Phi) is 4.65. The number of ether oxygens (including phenoxy) is 2. The lowest BCUT2D eigenvalue weighted by molar-refractivity contribution is -0.0300. The second-order valence-electron chi connectivity index (χ2n) is 4.62. The number of hydrogen-bond donors (Lipinski definition) is 1. The molecular weight excluding hydrogens is 296 g/mol. The zero-order chi connectivity index (χ0) is 13.1. The van der Waals surface area contributed by atoms with Crippen molar-refractivity contribution in [3.63, 3.8) is 0 Å². The van der Waals surface area contributed by atoms with Gasteiger partial charge >= 0.3 is 0 Å². The number of hydrogen-bond acceptors (Lipinski definition) is 3. The minimum Gasteiger partial charge on any atom is -0.494 e. The van der Waals surface area contributed by atoms with Crippen LogP contribution >= 0.6 is 15.9 Å². The predicted octanol–water partition coefficient (Wildman–Crippen LogP) is 3.45. The fourth-order valence-corrected chi connectivity index (χ4v) is 2.86. The lowest BCUT2D eigenvalue weighted by atomic mass is 10.0. The molecule has 3 unspecified atom stereocenters. The smallest absolute Gasteiger partial charge is 0.120 e. The Morgan fingerprint density at radius 1 is 1.50 bits per heavy atom. The first-order chi connectivity index (χ1) is 8.61. The summed E-state index contributed by atoms with van der Waals surface area (Å²) in [6.07, 6.45) is 1.47. The fraction of sp³-hybridized carbons (Fsp3) is 0.571. The Bertz CT molecular complexity index is 408. The van der Waals surface area contributed by atoms with E-state index in [0.717, 1.165) is 28.6 Å². The molecule has 1 fully saturated rings. The maximum atomic E-state index is 10.3. The summed E-state index contributed by atoms with van der Waals surface area (Å²) in [5.41, 5.74) is 0.859. The van der Waals surface area contributed by atoms with Gasteiger partial charge in [0.1, 0.15) is 11.9 Å². The molecule has 0 radical (unpaired) electrons. The summed E-state index contributed by atoms with van der Waals surface area (Å²) >= 11 is 3.48. The van der Waals surface area contributed by atoms with E-state index in [1.165, 1.54) is 0 Å². The molecule has 1 aliphatic heterocycles. The second-order valence-corrected chi connectivity index (χ2v) is 5.48. The first-order valence-electron chi connectivity index (χ1n) is 6.37. The van der Waals surface area contributed by atoms with Gasteiger partial charge in [-0.05, 0) is 44.4 Å². The molecule has 0 saturated carbocycles. The molecule has 18 heavy (non-hydrogen) atoms. The zero-order valence-corrected chi connectivity index (χ0v) is 12.3. The van der Waals surface area contributed by atoms with Gasteiger partial charge in [0.25, 0.3) is 0 Å². The van der Waals surface area contributed by atoms with Crippen molar-refractivity contribution in [3.05, 3.63) is 28.2 Å². The summed E-state index contributed by atoms with van der Waals surface area (Å²) in [5, 5.41) is 10.3. The van der Waals surface area contributed by atoms with E-state index in [2.05, 4.69) is 15.9 Å². The highest BCUT2D eigenvalue weighted by Crippen LogP contribution is 2.34. The highest BCUT2D eigenvalue weighted by molar-refractivity contribution is 9.10. The van der Waals surface area contributed by atoms with Gasteiger partial charge in [-0.2, -0.15) is 0 Å². The lowest BCUT2D eigenvalue weighted by Gasteiger charge is -2.20. The molecule has 3 nitrogen and oxygen atoms in total. The quantitative estimate of drug-likeness (QED) is 0.925. The third-order valence-corrected chi connectivity index (χ3v) is 3.91. The topological polar surface area (TPSA) is 38.7 Å². The van der Waals surface area contributed by atoms with Crippen LogP contribution in [0.4, 0.5) is 0 Å². The van der Waals surface area contributed by atoms with E-state index >= 15 is 0 Å². The van der Waals surface area contributed by atoms with Crippen LogP contribution in [0.5, 0.6) is 5.75 Å². The van der Waals surface area contributed by atoms with Crippen molar-refractivity contribution < 1.29 is 14.6 Å². The SMILES string of the molecule is CCOc1ccc(C(O)C2CCC(C)O2)c(Br)c1. The Labute approximate surface area is 116 Å². The van der Waals surface area contributed by atoms with Crippen molar-refractivity contribution in [1.29, 1.82) is 0 Å². The molecule has 3 atom stereocenters. The summed E-state index contributed by atoms with van der Waals surface area (Å²) in [7, 11) is 0. The van der Waals surface area contributed by atoms with Crippen LogP contribution in [0, 0.1) is 0 Å². The number of aliphatic hydroxyl groups is 1. The van der Waals surface area contributed by atoms with Gasteiger partial charge in [0, 0.05) is 4.47 Å². The van der Waals surface area contributed by atoms with Crippen LogP contribution in [0.1, 0.15) is 38.4 Å². The third-order valence-electron chi connectivity index (χ3n) is 3.22. The number of benzene rings is 1. The van der Waals surface area contributed by atoms with Gasteiger partial charge in [0.15, 0.2) is 0 Å². The molecule has 100 valence electrons. The molecule has 0 spiro atoms. The Morgan fingerprint density at radius 2 is 2.28 bits per heavy atom. The van der Waals surface area contributed by atoms with Gasteiger partial charge in [-0.1, -0.05) is 22.0 Å². The average Bonchev–Trinajstić information content (AvgIpc) is 2.76. The van der Waals surface area contributed by atoms with Crippen molar-refractivity contribution in [2.45, 2.75) is 45.0 Å². The predicted molar refractivity (Wildman–Crippen MR) is 73.8 cm³/mol. The van der Waals surface area contributed by atoms with Crippen LogP contribution in [-0.2, 0) is 4.74 Å². The van der Waals surface area contributed by atoms with E-state index in [9.17, 15) is 5.11 Å². The van der Waals surface area contributed by atoms with E-state index in [4.69, 9.17) is 9.47 Å². The van der Waals surface area contributed by atoms with Gasteiger partial charge in [0.05, 0.1) is 18.8 Å². The molecular formula is C14H19BrO3. The van der Waals surface area contributed by atoms with E-state index in [0.29, 0.717) is 6.61 Å². The van der Waals surface area contributed by atoms with Crippen LogP contribution < -0.4 is 4.74 Å². The highest BCUT2D eigenvalue weighted by atomic mass is 79.9. The van der Waals surface area contributed by atoms with Gasteiger partial charge < -0.3 is 14.6 Å². The van der Waals surface area contributed by atoms with Crippen molar-refractivity contribution >= 4 is 15.9 Å². The van der Waals surface area contributed by atoms with Crippen molar-refractivity contribution in [2.24, 2.45) is 0 Å². The standard InChI is InChI=1S/C14H19BrO3/c1-3-17-10-5-6-11(12(15)8-10)14(16)13-7-4-9(2)18-13/h5-6,8-9,13-14,16H,3-4,7H2,1-2H3. The van der Waals surface area contributed by atoms with E-state index in [1.807, 2.05) is 32.0 Å². The van der Waals surface area contributed by atoms with E-state index < -0.39 is 6.10 Å². The molecule has 0 aromatic heterocycles. The normalized spacial score (nSPS) is 25.1. The summed E-state index contributed by atoms with van der Waals surface area (Å²) in [6, 6.07) is 5.66. The molecule has 1 aromatic carbocycles. The molecule has 4 heteroatoms. The van der Waals surface area contributed by atoms with Crippen LogP contribution in [0.15, 0.2) is 22.7 Å². The number of rotatable bonds is 4. The Morgan fingerprint density at radius 3 is 2.83 bits per heavy atom. The van der Waals surface area contributed by atoms with Crippen molar-refractivity contribution in [2.75, 3.05) is 6.61 Å². The molecule has 1 N–H and O–H groups in total. The van der Waals surface area contributed by atoms with Gasteiger partial charge in [-0.25, -0.2) is 0 Å². The second kappa shape index (κ2) is 6.04. The molecule has 1 saturated heterocycles. The minimum atomic E-state index is -0.583. The summed E-state index contributed by atoms with van der Waals surface area (Å²) in [6.45, 7) is 4.63. The zero-order valence-electron chi connectivity index (χ0n) is 10.7. The molecule has 0 aliphatic carbocycles. The first kappa shape index (κ1) is 13.8. The largest absolute Gasteiger partial charge is 0.494 e. The number of halogens is 1. The summed E-state index contributed by atoms with van der Waals surface area (Å²) in [5.74, 6) is 0.807. The maximum absolute atomic E-state index is 10.3. The van der Waals surface area contributed by atoms with Crippen LogP contribution in [0.3, 0.4) is 0 Å². The molecule has 2 rings (SSSR count). The van der Waals surface area contributed by atoms with E-state index in [-0.39, 0.29) is 12.2 Å². The van der Waals surface area contributed by atoms with Crippen LogP contribution in [0.2, 0.25) is 0 Å². The highest BCUT2D eigenvalue weighted by Gasteiger charge is 2.30. The molecule has 1 aromatic rings. The molecule has 1 aliphatic rings. The first-order valence-corrected chi connectivity index (χ1v) is 7.17. The molecule has 1 heterocycles. The lowest BCUT2D eigenvalue weighted by Crippen LogP contribution is -2.19. The minimum absolute atomic E-state index is 0.103. The Balaban J connectivity index is 2.12. The molecule has 0 bridgehead atoms. The fourth-order valence-electron chi connectivity index (χ4n) is 2.27. The van der Waals surface area contributed by atoms with Gasteiger partial charge in [-0.15, -0.1) is 0 Å². The van der Waals surface area contributed by atoms with Crippen LogP contribution in [-0.4, -0.2) is 23.9 Å². The summed E-state index contributed by atoms with van der Waals surface area (Å²) in [4.78, 5) is 0. The third kappa shape index (κ3) is 3.05. The monoisotopic (exact) mass is 314 g/mol. The van der Waals surface area contributed by atoms with Crippen LogP contribution in [0.25, 0.3) is 0 Å².